The Morgan fingerprint density at radius 3 is 2.10 bits per heavy atom. The first-order valence-corrected chi connectivity index (χ1v) is 10.1. The summed E-state index contributed by atoms with van der Waals surface area (Å²) in [6.07, 6.45) is 1.54. The number of hydrogen-bond donors (Lipinski definition) is 3. The number of hydrogen-bond acceptors (Lipinski definition) is 6. The van der Waals surface area contributed by atoms with Crippen molar-refractivity contribution in [1.82, 2.24) is 9.97 Å². The van der Waals surface area contributed by atoms with E-state index >= 15 is 0 Å². The Balaban J connectivity index is 1.66. The maximum absolute atomic E-state index is 6.55. The summed E-state index contributed by atoms with van der Waals surface area (Å²) in [5.41, 5.74) is 17.0. The lowest BCUT2D eigenvalue weighted by Gasteiger charge is -2.26. The van der Waals surface area contributed by atoms with E-state index in [4.69, 9.17) is 11.5 Å². The Kier molecular flexibility index (Phi) is 6.40. The van der Waals surface area contributed by atoms with Gasteiger partial charge in [0.25, 0.3) is 0 Å². The zero-order valence-corrected chi connectivity index (χ0v) is 17.2. The van der Waals surface area contributed by atoms with E-state index in [1.165, 1.54) is 17.5 Å². The molecule has 0 amide bonds. The lowest BCUT2D eigenvalue weighted by Crippen LogP contribution is -2.24. The number of rotatable bonds is 8. The number of nitrogen functional groups attached to an aromatic ring is 1. The van der Waals surface area contributed by atoms with Crippen LogP contribution in [0.15, 0.2) is 85.2 Å². The van der Waals surface area contributed by atoms with E-state index in [0.29, 0.717) is 37.0 Å². The van der Waals surface area contributed by atoms with Gasteiger partial charge in [0.05, 0.1) is 0 Å². The van der Waals surface area contributed by atoms with Crippen LogP contribution in [0.5, 0.6) is 0 Å². The smallest absolute Gasteiger partial charge is 0.159 e. The van der Waals surface area contributed by atoms with Gasteiger partial charge < -0.3 is 21.7 Å². The highest BCUT2D eigenvalue weighted by atomic mass is 15.2. The Hall–Kier alpha value is -3.90. The fourth-order valence-electron chi connectivity index (χ4n) is 3.40. The molecule has 6 nitrogen and oxygen atoms in total. The summed E-state index contributed by atoms with van der Waals surface area (Å²) < 4.78 is 0. The molecule has 6 heteroatoms. The van der Waals surface area contributed by atoms with Crippen molar-refractivity contribution in [2.24, 2.45) is 5.73 Å². The summed E-state index contributed by atoms with van der Waals surface area (Å²) in [5, 5.41) is 3.28. The lowest BCUT2D eigenvalue weighted by molar-refractivity contribution is 0.782. The van der Waals surface area contributed by atoms with E-state index < -0.39 is 0 Å². The van der Waals surface area contributed by atoms with Crippen LogP contribution in [-0.4, -0.2) is 9.97 Å². The summed E-state index contributed by atoms with van der Waals surface area (Å²) in [7, 11) is 0. The Bertz CT molecular complexity index is 1070. The molecule has 3 aromatic carbocycles. The topological polar surface area (TPSA) is 93.1 Å². The van der Waals surface area contributed by atoms with Crippen molar-refractivity contribution in [3.05, 3.63) is 108 Å². The number of aromatic nitrogens is 2. The molecule has 0 unspecified atom stereocenters. The molecule has 0 saturated heterocycles. The second kappa shape index (κ2) is 9.73. The molecule has 1 radical (unpaired) electrons. The third-order valence-electron chi connectivity index (χ3n) is 4.94. The van der Waals surface area contributed by atoms with Crippen molar-refractivity contribution in [3.8, 4) is 0 Å². The molecule has 0 saturated carbocycles. The van der Waals surface area contributed by atoms with Gasteiger partial charge >= 0.3 is 0 Å². The summed E-state index contributed by atoms with van der Waals surface area (Å²) >= 11 is 0. The van der Waals surface area contributed by atoms with Gasteiger partial charge in [-0.1, -0.05) is 60.7 Å². The first-order chi connectivity index (χ1) is 15.2. The van der Waals surface area contributed by atoms with Crippen molar-refractivity contribution < 1.29 is 0 Å². The van der Waals surface area contributed by atoms with Crippen molar-refractivity contribution in [2.45, 2.75) is 19.6 Å². The van der Waals surface area contributed by atoms with Crippen LogP contribution in [0, 0.1) is 6.07 Å². The van der Waals surface area contributed by atoms with E-state index in [0.717, 1.165) is 11.3 Å². The zero-order valence-electron chi connectivity index (χ0n) is 17.2. The van der Waals surface area contributed by atoms with Crippen LogP contribution in [0.3, 0.4) is 0 Å². The third-order valence-corrected chi connectivity index (χ3v) is 4.94. The molecule has 1 aromatic heterocycles. The van der Waals surface area contributed by atoms with Gasteiger partial charge in [0, 0.05) is 25.3 Å². The average Bonchev–Trinajstić information content (AvgIpc) is 2.81. The molecule has 0 aliphatic rings. The Labute approximate surface area is 182 Å². The van der Waals surface area contributed by atoms with Crippen LogP contribution < -0.4 is 21.7 Å². The van der Waals surface area contributed by atoms with Gasteiger partial charge in [-0.2, -0.15) is 0 Å². The van der Waals surface area contributed by atoms with Crippen LogP contribution in [0.1, 0.15) is 16.7 Å². The highest BCUT2D eigenvalue weighted by Gasteiger charge is 2.17. The predicted molar refractivity (Wildman–Crippen MR) is 126 cm³/mol. The van der Waals surface area contributed by atoms with Crippen molar-refractivity contribution >= 4 is 23.0 Å². The summed E-state index contributed by atoms with van der Waals surface area (Å²) in [5.74, 6) is 1.24. The van der Waals surface area contributed by atoms with Crippen molar-refractivity contribution in [3.63, 3.8) is 0 Å². The highest BCUT2D eigenvalue weighted by Crippen LogP contribution is 2.30. The molecule has 155 valence electrons. The number of nitrogens with zero attached hydrogens (tertiary/aromatic N) is 3. The maximum atomic E-state index is 6.55. The second-order valence-corrected chi connectivity index (χ2v) is 7.25. The highest BCUT2D eigenvalue weighted by molar-refractivity contribution is 5.78. The quantitative estimate of drug-likeness (QED) is 0.402. The minimum atomic E-state index is 0.443. The molecule has 0 aliphatic carbocycles. The molecule has 4 aromatic rings. The molecule has 31 heavy (non-hydrogen) atoms. The lowest BCUT2D eigenvalue weighted by atomic mass is 10.1. The monoisotopic (exact) mass is 409 g/mol. The van der Waals surface area contributed by atoms with Gasteiger partial charge in [-0.05, 0) is 41.0 Å². The number of anilines is 4. The first kappa shape index (κ1) is 20.4. The summed E-state index contributed by atoms with van der Waals surface area (Å²) in [4.78, 5) is 11.1. The normalized spacial score (nSPS) is 10.6. The first-order valence-electron chi connectivity index (χ1n) is 10.1. The maximum Gasteiger partial charge on any atom is 0.159 e. The molecule has 1 heterocycles. The van der Waals surface area contributed by atoms with E-state index in [1.807, 2.05) is 54.6 Å². The van der Waals surface area contributed by atoms with Gasteiger partial charge in [0.15, 0.2) is 11.6 Å². The summed E-state index contributed by atoms with van der Waals surface area (Å²) in [6.45, 7) is 1.79. The van der Waals surface area contributed by atoms with Crippen LogP contribution in [0.25, 0.3) is 0 Å². The minimum Gasteiger partial charge on any atom is -0.393 e. The van der Waals surface area contributed by atoms with Crippen LogP contribution in [0.2, 0.25) is 0 Å². The Morgan fingerprint density at radius 2 is 1.48 bits per heavy atom. The largest absolute Gasteiger partial charge is 0.393 e. The predicted octanol–water partition coefficient (Wildman–Crippen LogP) is 4.27. The van der Waals surface area contributed by atoms with Crippen LogP contribution in [-0.2, 0) is 19.6 Å². The van der Waals surface area contributed by atoms with E-state index in [2.05, 4.69) is 50.5 Å². The van der Waals surface area contributed by atoms with Crippen LogP contribution in [0.4, 0.5) is 23.0 Å². The molecule has 0 atom stereocenters. The van der Waals surface area contributed by atoms with Crippen molar-refractivity contribution in [2.75, 3.05) is 16.0 Å². The van der Waals surface area contributed by atoms with E-state index in [1.54, 1.807) is 0 Å². The number of nitrogens with one attached hydrogen (secondary N) is 1. The van der Waals surface area contributed by atoms with Gasteiger partial charge in [-0.25, -0.2) is 9.97 Å². The molecule has 0 fully saturated rings. The fourth-order valence-corrected chi connectivity index (χ4v) is 3.40. The van der Waals surface area contributed by atoms with Gasteiger partial charge in [-0.15, -0.1) is 0 Å². The van der Waals surface area contributed by atoms with Gasteiger partial charge in [-0.3, -0.25) is 0 Å². The Morgan fingerprint density at radius 1 is 0.839 bits per heavy atom. The molecule has 4 rings (SSSR count). The van der Waals surface area contributed by atoms with E-state index in [9.17, 15) is 0 Å². The standard InChI is InChI=1S/C25H25N6/c26-15-21-12-7-13-22(14-21)30-24-23(27)25(29-18-28-24)31(16-19-8-3-1-4-9-19)17-20-10-5-2-6-11-20/h1-6,8-14,18H,15-17,26-27H2,(H,28,29,30). The van der Waals surface area contributed by atoms with Gasteiger partial charge in [0.1, 0.15) is 12.0 Å². The SMILES string of the molecule is NCc1c[c]cc(Nc2ncnc(N(Cc3ccccc3)Cc3ccccc3)c2N)c1. The zero-order chi connectivity index (χ0) is 21.5. The van der Waals surface area contributed by atoms with Crippen LogP contribution >= 0.6 is 0 Å². The molecule has 0 aliphatic heterocycles. The summed E-state index contributed by atoms with van der Waals surface area (Å²) in [6, 6.07) is 29.3. The molecule has 5 N–H and O–H groups in total. The number of nitrogens with two attached hydrogens (primary N) is 2. The minimum absolute atomic E-state index is 0.443. The molecular formula is C25H25N6. The molecular weight excluding hydrogens is 384 g/mol. The van der Waals surface area contributed by atoms with Gasteiger partial charge in [0.2, 0.25) is 0 Å². The number of benzene rings is 3. The average molecular weight is 410 g/mol. The third kappa shape index (κ3) is 5.18. The fraction of sp³-hybridized carbons (Fsp3) is 0.120. The van der Waals surface area contributed by atoms with Crippen molar-refractivity contribution in [1.29, 1.82) is 0 Å². The molecule has 0 bridgehead atoms. The molecule has 0 spiro atoms. The second-order valence-electron chi connectivity index (χ2n) is 7.25. The van der Waals surface area contributed by atoms with E-state index in [-0.39, 0.29) is 0 Å².